The van der Waals surface area contributed by atoms with E-state index in [4.69, 9.17) is 0 Å². The molecule has 3 nitrogen and oxygen atoms in total. The monoisotopic (exact) mass is 230 g/mol. The molecule has 0 heterocycles. The molecule has 0 aliphatic carbocycles. The highest BCUT2D eigenvalue weighted by Gasteiger charge is 2.40. The number of hydrogen-bond donors (Lipinski definition) is 2. The molecule has 0 spiro atoms. The molecular formula is C13H26O3. The predicted molar refractivity (Wildman–Crippen MR) is 65.3 cm³/mol. The molecular weight excluding hydrogens is 204 g/mol. The smallest absolute Gasteiger partial charge is 0.309 e. The van der Waals surface area contributed by atoms with Gasteiger partial charge in [0.1, 0.15) is 0 Å². The second-order valence-corrected chi connectivity index (χ2v) is 5.60. The Labute approximate surface area is 98.9 Å². The van der Waals surface area contributed by atoms with Gasteiger partial charge in [-0.3, -0.25) is 4.79 Å². The van der Waals surface area contributed by atoms with Gasteiger partial charge in [0.05, 0.1) is 11.5 Å². The van der Waals surface area contributed by atoms with Crippen LogP contribution >= 0.6 is 0 Å². The highest BCUT2D eigenvalue weighted by atomic mass is 16.4. The van der Waals surface area contributed by atoms with Gasteiger partial charge in [-0.25, -0.2) is 0 Å². The van der Waals surface area contributed by atoms with Gasteiger partial charge < -0.3 is 10.2 Å². The summed E-state index contributed by atoms with van der Waals surface area (Å²) in [6.45, 7) is 9.88. The first kappa shape index (κ1) is 15.4. The number of aliphatic carboxylic acids is 1. The summed E-state index contributed by atoms with van der Waals surface area (Å²) in [4.78, 5) is 11.2. The van der Waals surface area contributed by atoms with Crippen LogP contribution in [0, 0.1) is 17.8 Å². The van der Waals surface area contributed by atoms with Gasteiger partial charge in [0.15, 0.2) is 0 Å². The number of aliphatic hydroxyl groups is 1. The quantitative estimate of drug-likeness (QED) is 0.707. The molecule has 2 N–H and O–H groups in total. The number of carboxylic acids is 1. The molecule has 0 amide bonds. The first-order valence-electron chi connectivity index (χ1n) is 6.18. The summed E-state index contributed by atoms with van der Waals surface area (Å²) in [6.07, 6.45) is 1.58. The van der Waals surface area contributed by atoms with Gasteiger partial charge in [-0.2, -0.15) is 0 Å². The minimum atomic E-state index is -1.07. The first-order valence-corrected chi connectivity index (χ1v) is 6.18. The maximum atomic E-state index is 11.2. The van der Waals surface area contributed by atoms with Crippen molar-refractivity contribution in [1.82, 2.24) is 0 Å². The van der Waals surface area contributed by atoms with Crippen LogP contribution in [-0.4, -0.2) is 21.8 Å². The van der Waals surface area contributed by atoms with E-state index in [9.17, 15) is 15.0 Å². The van der Waals surface area contributed by atoms with Crippen LogP contribution < -0.4 is 0 Å². The van der Waals surface area contributed by atoms with E-state index in [1.165, 1.54) is 0 Å². The van der Waals surface area contributed by atoms with Gasteiger partial charge in [-0.05, 0) is 31.1 Å². The predicted octanol–water partition coefficient (Wildman–Crippen LogP) is 2.92. The van der Waals surface area contributed by atoms with Crippen molar-refractivity contribution in [3.63, 3.8) is 0 Å². The Morgan fingerprint density at radius 2 is 1.50 bits per heavy atom. The summed E-state index contributed by atoms with van der Waals surface area (Å²) in [5.74, 6) is -0.933. The second-order valence-electron chi connectivity index (χ2n) is 5.60. The van der Waals surface area contributed by atoms with Gasteiger partial charge in [-0.1, -0.05) is 34.6 Å². The molecule has 16 heavy (non-hydrogen) atoms. The Morgan fingerprint density at radius 3 is 1.69 bits per heavy atom. The van der Waals surface area contributed by atoms with E-state index in [1.54, 1.807) is 0 Å². The van der Waals surface area contributed by atoms with Gasteiger partial charge in [0.25, 0.3) is 0 Å². The zero-order valence-corrected chi connectivity index (χ0v) is 11.2. The van der Waals surface area contributed by atoms with Crippen molar-refractivity contribution >= 4 is 5.97 Å². The topological polar surface area (TPSA) is 57.5 Å². The standard InChI is InChI=1S/C13H26O3/c1-6-11(12(14)15)13(16,7-9(2)3)8-10(4)5/h9-11,16H,6-8H2,1-5H3,(H,14,15). The van der Waals surface area contributed by atoms with Crippen molar-refractivity contribution in [2.45, 2.75) is 59.5 Å². The Hall–Kier alpha value is -0.570. The highest BCUT2D eigenvalue weighted by molar-refractivity contribution is 5.71. The van der Waals surface area contributed by atoms with E-state index >= 15 is 0 Å². The van der Waals surface area contributed by atoms with E-state index in [1.807, 2.05) is 34.6 Å². The molecule has 0 aliphatic heterocycles. The Balaban J connectivity index is 4.94. The van der Waals surface area contributed by atoms with E-state index < -0.39 is 17.5 Å². The third-order valence-corrected chi connectivity index (χ3v) is 2.88. The first-order chi connectivity index (χ1) is 7.23. The second kappa shape index (κ2) is 6.24. The number of carbonyl (C=O) groups is 1. The average Bonchev–Trinajstić information content (AvgIpc) is 1.99. The number of hydrogen-bond acceptors (Lipinski definition) is 2. The highest BCUT2D eigenvalue weighted by Crippen LogP contribution is 2.34. The van der Waals surface area contributed by atoms with Crippen LogP contribution in [0.5, 0.6) is 0 Å². The van der Waals surface area contributed by atoms with Gasteiger partial charge in [-0.15, -0.1) is 0 Å². The fraction of sp³-hybridized carbons (Fsp3) is 0.923. The minimum Gasteiger partial charge on any atom is -0.481 e. The Bertz CT molecular complexity index is 211. The molecule has 0 aromatic carbocycles. The van der Waals surface area contributed by atoms with Crippen LogP contribution in [0.1, 0.15) is 53.9 Å². The third kappa shape index (κ3) is 4.52. The molecule has 0 saturated heterocycles. The SMILES string of the molecule is CCC(C(=O)O)C(O)(CC(C)C)CC(C)C. The van der Waals surface area contributed by atoms with Gasteiger partial charge in [0, 0.05) is 0 Å². The van der Waals surface area contributed by atoms with E-state index in [-0.39, 0.29) is 0 Å². The fourth-order valence-corrected chi connectivity index (χ4v) is 2.57. The molecule has 1 atom stereocenters. The van der Waals surface area contributed by atoms with Crippen molar-refractivity contribution in [1.29, 1.82) is 0 Å². The van der Waals surface area contributed by atoms with Crippen LogP contribution in [0.15, 0.2) is 0 Å². The van der Waals surface area contributed by atoms with Crippen LogP contribution in [0.25, 0.3) is 0 Å². The van der Waals surface area contributed by atoms with Gasteiger partial charge >= 0.3 is 5.97 Å². The Morgan fingerprint density at radius 1 is 1.12 bits per heavy atom. The lowest BCUT2D eigenvalue weighted by atomic mass is 9.74. The molecule has 0 fully saturated rings. The van der Waals surface area contributed by atoms with E-state index in [0.717, 1.165) is 0 Å². The van der Waals surface area contributed by atoms with Crippen molar-refractivity contribution < 1.29 is 15.0 Å². The normalized spacial score (nSPS) is 14.5. The van der Waals surface area contributed by atoms with E-state index in [0.29, 0.717) is 31.1 Å². The molecule has 0 radical (unpaired) electrons. The van der Waals surface area contributed by atoms with Crippen LogP contribution in [0.3, 0.4) is 0 Å². The number of rotatable bonds is 7. The van der Waals surface area contributed by atoms with Crippen molar-refractivity contribution in [3.05, 3.63) is 0 Å². The van der Waals surface area contributed by atoms with E-state index in [2.05, 4.69) is 0 Å². The summed E-state index contributed by atoms with van der Waals surface area (Å²) in [5.41, 5.74) is -1.07. The maximum Gasteiger partial charge on any atom is 0.309 e. The zero-order chi connectivity index (χ0) is 12.9. The average molecular weight is 230 g/mol. The van der Waals surface area contributed by atoms with Crippen molar-refractivity contribution in [2.75, 3.05) is 0 Å². The zero-order valence-electron chi connectivity index (χ0n) is 11.2. The molecule has 0 aromatic rings. The summed E-state index contributed by atoms with van der Waals surface area (Å²) < 4.78 is 0. The molecule has 0 bridgehead atoms. The van der Waals surface area contributed by atoms with Gasteiger partial charge in [0.2, 0.25) is 0 Å². The largest absolute Gasteiger partial charge is 0.481 e. The lowest BCUT2D eigenvalue weighted by molar-refractivity contribution is -0.155. The molecule has 96 valence electrons. The third-order valence-electron chi connectivity index (χ3n) is 2.88. The molecule has 0 aliphatic rings. The summed E-state index contributed by atoms with van der Waals surface area (Å²) >= 11 is 0. The fourth-order valence-electron chi connectivity index (χ4n) is 2.57. The molecule has 1 unspecified atom stereocenters. The van der Waals surface area contributed by atoms with Crippen LogP contribution in [0.2, 0.25) is 0 Å². The lowest BCUT2D eigenvalue weighted by Gasteiger charge is -2.36. The lowest BCUT2D eigenvalue weighted by Crippen LogP contribution is -2.44. The Kier molecular flexibility index (Phi) is 6.01. The molecule has 0 saturated carbocycles. The van der Waals surface area contributed by atoms with Crippen molar-refractivity contribution in [2.24, 2.45) is 17.8 Å². The molecule has 3 heteroatoms. The molecule has 0 rings (SSSR count). The molecule has 0 aromatic heterocycles. The minimum absolute atomic E-state index is 0.303. The van der Waals surface area contributed by atoms with Crippen LogP contribution in [-0.2, 0) is 4.79 Å². The maximum absolute atomic E-state index is 11.2. The summed E-state index contributed by atoms with van der Waals surface area (Å²) in [7, 11) is 0. The van der Waals surface area contributed by atoms with Crippen LogP contribution in [0.4, 0.5) is 0 Å². The summed E-state index contributed by atoms with van der Waals surface area (Å²) in [6, 6.07) is 0. The van der Waals surface area contributed by atoms with Crippen molar-refractivity contribution in [3.8, 4) is 0 Å². The number of carboxylic acid groups (broad SMARTS) is 1. The summed E-state index contributed by atoms with van der Waals surface area (Å²) in [5, 5.41) is 19.8.